The maximum absolute atomic E-state index is 12.2. The fourth-order valence-electron chi connectivity index (χ4n) is 2.25. The predicted octanol–water partition coefficient (Wildman–Crippen LogP) is 2.65. The number of benzene rings is 1. The molecule has 118 valence electrons. The molecule has 0 saturated carbocycles. The Balaban J connectivity index is 1.76. The SMILES string of the molecule is Cc1noc2ncnc(N(C)CC(=O)Nc3cccc(Cl)c3)c12. The van der Waals surface area contributed by atoms with Gasteiger partial charge < -0.3 is 14.7 Å². The summed E-state index contributed by atoms with van der Waals surface area (Å²) < 4.78 is 5.11. The van der Waals surface area contributed by atoms with Crippen LogP contribution < -0.4 is 10.2 Å². The van der Waals surface area contributed by atoms with E-state index in [1.54, 1.807) is 43.1 Å². The smallest absolute Gasteiger partial charge is 0.263 e. The van der Waals surface area contributed by atoms with Crippen molar-refractivity contribution >= 4 is 40.1 Å². The van der Waals surface area contributed by atoms with Crippen LogP contribution >= 0.6 is 11.6 Å². The van der Waals surface area contributed by atoms with Crippen molar-refractivity contribution in [2.75, 3.05) is 23.8 Å². The number of aryl methyl sites for hydroxylation is 1. The molecular weight excluding hydrogens is 318 g/mol. The molecular formula is C15H14ClN5O2. The van der Waals surface area contributed by atoms with Crippen LogP contribution in [0.5, 0.6) is 0 Å². The molecule has 0 aliphatic rings. The highest BCUT2D eigenvalue weighted by Gasteiger charge is 2.17. The first kappa shape index (κ1) is 15.2. The van der Waals surface area contributed by atoms with Gasteiger partial charge in [0.1, 0.15) is 17.5 Å². The van der Waals surface area contributed by atoms with E-state index in [9.17, 15) is 4.79 Å². The highest BCUT2D eigenvalue weighted by Crippen LogP contribution is 2.24. The summed E-state index contributed by atoms with van der Waals surface area (Å²) in [6, 6.07) is 6.98. The quantitative estimate of drug-likeness (QED) is 0.791. The molecule has 0 radical (unpaired) electrons. The van der Waals surface area contributed by atoms with Crippen LogP contribution in [0.2, 0.25) is 5.02 Å². The highest BCUT2D eigenvalue weighted by atomic mass is 35.5. The second-order valence-corrected chi connectivity index (χ2v) is 5.50. The number of carbonyl (C=O) groups is 1. The van der Waals surface area contributed by atoms with E-state index in [4.69, 9.17) is 16.1 Å². The Bertz CT molecular complexity index is 864. The number of amides is 1. The maximum atomic E-state index is 12.2. The van der Waals surface area contributed by atoms with E-state index in [0.717, 1.165) is 0 Å². The van der Waals surface area contributed by atoms with E-state index in [1.807, 2.05) is 0 Å². The summed E-state index contributed by atoms with van der Waals surface area (Å²) in [5.74, 6) is 0.408. The third-order valence-corrected chi connectivity index (χ3v) is 3.51. The number of aromatic nitrogens is 3. The summed E-state index contributed by atoms with van der Waals surface area (Å²) in [4.78, 5) is 22.2. The lowest BCUT2D eigenvalue weighted by atomic mass is 10.3. The molecule has 7 nitrogen and oxygen atoms in total. The lowest BCUT2D eigenvalue weighted by molar-refractivity contribution is -0.114. The van der Waals surface area contributed by atoms with E-state index in [0.29, 0.717) is 33.3 Å². The lowest BCUT2D eigenvalue weighted by Crippen LogP contribution is -2.30. The van der Waals surface area contributed by atoms with Gasteiger partial charge in [-0.3, -0.25) is 4.79 Å². The first-order chi connectivity index (χ1) is 11.0. The number of fused-ring (bicyclic) bond motifs is 1. The summed E-state index contributed by atoms with van der Waals surface area (Å²) in [7, 11) is 1.77. The number of halogens is 1. The first-order valence-electron chi connectivity index (χ1n) is 6.88. The molecule has 2 heterocycles. The van der Waals surface area contributed by atoms with Crippen molar-refractivity contribution in [3.63, 3.8) is 0 Å². The number of nitrogens with one attached hydrogen (secondary N) is 1. The van der Waals surface area contributed by atoms with Gasteiger partial charge in [0.05, 0.1) is 12.2 Å². The Morgan fingerprint density at radius 2 is 2.22 bits per heavy atom. The zero-order valence-corrected chi connectivity index (χ0v) is 13.3. The monoisotopic (exact) mass is 331 g/mol. The average Bonchev–Trinajstić information content (AvgIpc) is 2.89. The van der Waals surface area contributed by atoms with Crippen molar-refractivity contribution in [1.82, 2.24) is 15.1 Å². The Morgan fingerprint density at radius 3 is 3.00 bits per heavy atom. The molecule has 0 bridgehead atoms. The minimum absolute atomic E-state index is 0.114. The second-order valence-electron chi connectivity index (χ2n) is 5.06. The molecule has 0 atom stereocenters. The number of likely N-dealkylation sites (N-methyl/N-ethyl adjacent to an activating group) is 1. The van der Waals surface area contributed by atoms with Crippen LogP contribution in [0.25, 0.3) is 11.1 Å². The van der Waals surface area contributed by atoms with Crippen molar-refractivity contribution in [2.45, 2.75) is 6.92 Å². The molecule has 0 aliphatic heterocycles. The minimum Gasteiger partial charge on any atom is -0.350 e. The fraction of sp³-hybridized carbons (Fsp3) is 0.200. The molecule has 3 aromatic rings. The predicted molar refractivity (Wildman–Crippen MR) is 87.7 cm³/mol. The summed E-state index contributed by atoms with van der Waals surface area (Å²) >= 11 is 5.90. The van der Waals surface area contributed by atoms with Crippen molar-refractivity contribution in [2.24, 2.45) is 0 Å². The zero-order valence-electron chi connectivity index (χ0n) is 12.6. The highest BCUT2D eigenvalue weighted by molar-refractivity contribution is 6.30. The van der Waals surface area contributed by atoms with Gasteiger partial charge in [-0.25, -0.2) is 4.98 Å². The van der Waals surface area contributed by atoms with Gasteiger partial charge in [-0.05, 0) is 25.1 Å². The molecule has 8 heteroatoms. The van der Waals surface area contributed by atoms with Crippen molar-refractivity contribution in [3.8, 4) is 0 Å². The topological polar surface area (TPSA) is 84.2 Å². The molecule has 23 heavy (non-hydrogen) atoms. The number of nitrogens with zero attached hydrogens (tertiary/aromatic N) is 4. The third-order valence-electron chi connectivity index (χ3n) is 3.27. The largest absolute Gasteiger partial charge is 0.350 e. The van der Waals surface area contributed by atoms with Crippen LogP contribution in [-0.4, -0.2) is 34.6 Å². The number of hydrogen-bond donors (Lipinski definition) is 1. The van der Waals surface area contributed by atoms with Gasteiger partial charge in [0.15, 0.2) is 0 Å². The van der Waals surface area contributed by atoms with Gasteiger partial charge >= 0.3 is 0 Å². The first-order valence-corrected chi connectivity index (χ1v) is 7.26. The van der Waals surface area contributed by atoms with Crippen molar-refractivity contribution in [1.29, 1.82) is 0 Å². The van der Waals surface area contributed by atoms with Gasteiger partial charge in [-0.15, -0.1) is 0 Å². The molecule has 0 aliphatic carbocycles. The summed E-state index contributed by atoms with van der Waals surface area (Å²) in [5.41, 5.74) is 1.72. The summed E-state index contributed by atoms with van der Waals surface area (Å²) in [5, 5.41) is 7.93. The van der Waals surface area contributed by atoms with E-state index in [2.05, 4.69) is 20.4 Å². The van der Waals surface area contributed by atoms with Crippen LogP contribution in [0.3, 0.4) is 0 Å². The normalized spacial score (nSPS) is 10.7. The number of rotatable bonds is 4. The van der Waals surface area contributed by atoms with Gasteiger partial charge in [-0.1, -0.05) is 22.8 Å². The lowest BCUT2D eigenvalue weighted by Gasteiger charge is -2.18. The Hall–Kier alpha value is -2.67. The molecule has 0 fully saturated rings. The third kappa shape index (κ3) is 3.24. The minimum atomic E-state index is -0.185. The van der Waals surface area contributed by atoms with Crippen molar-refractivity contribution in [3.05, 3.63) is 41.3 Å². The molecule has 1 amide bonds. The Labute approximate surface area is 137 Å². The van der Waals surface area contributed by atoms with Crippen LogP contribution in [0, 0.1) is 6.92 Å². The van der Waals surface area contributed by atoms with Gasteiger partial charge in [-0.2, -0.15) is 4.98 Å². The maximum Gasteiger partial charge on any atom is 0.263 e. The van der Waals surface area contributed by atoms with E-state index < -0.39 is 0 Å². The number of carbonyl (C=O) groups excluding carboxylic acids is 1. The fourth-order valence-corrected chi connectivity index (χ4v) is 2.44. The molecule has 0 spiro atoms. The van der Waals surface area contributed by atoms with Crippen LogP contribution in [-0.2, 0) is 4.79 Å². The molecule has 0 unspecified atom stereocenters. The summed E-state index contributed by atoms with van der Waals surface area (Å²) in [6.45, 7) is 1.92. The Kier molecular flexibility index (Phi) is 4.12. The van der Waals surface area contributed by atoms with E-state index in [-0.39, 0.29) is 12.5 Å². The van der Waals surface area contributed by atoms with Gasteiger partial charge in [0.2, 0.25) is 5.91 Å². The van der Waals surface area contributed by atoms with Gasteiger partial charge in [0, 0.05) is 17.8 Å². The van der Waals surface area contributed by atoms with E-state index in [1.165, 1.54) is 6.33 Å². The Morgan fingerprint density at radius 1 is 1.39 bits per heavy atom. The number of anilines is 2. The van der Waals surface area contributed by atoms with Gasteiger partial charge in [0.25, 0.3) is 5.71 Å². The molecule has 3 rings (SSSR count). The van der Waals surface area contributed by atoms with Crippen LogP contribution in [0.15, 0.2) is 35.1 Å². The van der Waals surface area contributed by atoms with Crippen molar-refractivity contribution < 1.29 is 9.32 Å². The van der Waals surface area contributed by atoms with E-state index >= 15 is 0 Å². The molecule has 0 saturated heterocycles. The average molecular weight is 332 g/mol. The number of hydrogen-bond acceptors (Lipinski definition) is 6. The van der Waals surface area contributed by atoms with Crippen LogP contribution in [0.1, 0.15) is 5.69 Å². The zero-order chi connectivity index (χ0) is 16.4. The molecule has 1 aromatic carbocycles. The second kappa shape index (κ2) is 6.21. The molecule has 2 aromatic heterocycles. The standard InChI is InChI=1S/C15H14ClN5O2/c1-9-13-14(17-8-18-15(13)23-20-9)21(2)7-12(22)19-11-5-3-4-10(16)6-11/h3-6,8H,7H2,1-2H3,(H,19,22). The molecule has 1 N–H and O–H groups in total. The van der Waals surface area contributed by atoms with Crippen LogP contribution in [0.4, 0.5) is 11.5 Å². The summed E-state index contributed by atoms with van der Waals surface area (Å²) in [6.07, 6.45) is 1.38.